The number of carbonyl (C=O) groups is 2. The van der Waals surface area contributed by atoms with Crippen LogP contribution in [0.25, 0.3) is 22.5 Å². The number of aliphatic carboxylic acids is 2. The average Bonchev–Trinajstić information content (AvgIpc) is 3.02. The Labute approximate surface area is 271 Å². The minimum absolute atomic E-state index is 0.558. The zero-order chi connectivity index (χ0) is 33.4. The predicted octanol–water partition coefficient (Wildman–Crippen LogP) is 6.09. The summed E-state index contributed by atoms with van der Waals surface area (Å²) in [6.45, 7) is 19.1. The molecule has 1 fully saturated rings. The summed E-state index contributed by atoms with van der Waals surface area (Å²) in [6.07, 6.45) is 4.78. The molecule has 4 aromatic rings. The van der Waals surface area contributed by atoms with E-state index in [4.69, 9.17) is 10.2 Å². The summed E-state index contributed by atoms with van der Waals surface area (Å²) >= 11 is 0. The molecular weight excluding hydrogens is 578 g/mol. The van der Waals surface area contributed by atoms with Gasteiger partial charge in [-0.2, -0.15) is 0 Å². The molecule has 3 heterocycles. The lowest BCUT2D eigenvalue weighted by Crippen LogP contribution is -2.45. The number of rotatable bonds is 8. The number of hydrogen-bond donors (Lipinski definition) is 2. The van der Waals surface area contributed by atoms with Crippen molar-refractivity contribution in [1.82, 2.24) is 24.8 Å². The molecule has 0 aliphatic carbocycles. The highest BCUT2D eigenvalue weighted by Crippen LogP contribution is 2.26. The fourth-order valence-electron chi connectivity index (χ4n) is 5.47. The SMILES string of the molecule is Cc1cc(-c2cc(CN3CCN(Cc4cc(-c5cc(C)c(C)c(C)c5)ncn4)CC3)ccn2)cc(C)c1C.O=C(O)/C=C\C(=O)O. The Morgan fingerprint density at radius 2 is 1.11 bits per heavy atom. The van der Waals surface area contributed by atoms with Crippen LogP contribution in [0.3, 0.4) is 0 Å². The Bertz CT molecular complexity index is 1570. The maximum Gasteiger partial charge on any atom is 0.328 e. The van der Waals surface area contributed by atoms with Crippen molar-refractivity contribution in [2.24, 2.45) is 0 Å². The maximum atomic E-state index is 9.55. The van der Waals surface area contributed by atoms with Crippen molar-refractivity contribution in [3.8, 4) is 22.5 Å². The van der Waals surface area contributed by atoms with Gasteiger partial charge in [-0.05, 0) is 123 Å². The molecule has 1 saturated heterocycles. The molecule has 1 aliphatic heterocycles. The third-order valence-corrected chi connectivity index (χ3v) is 8.62. The van der Waals surface area contributed by atoms with Gasteiger partial charge in [0.05, 0.1) is 17.1 Å². The highest BCUT2D eigenvalue weighted by molar-refractivity contribution is 5.89. The summed E-state index contributed by atoms with van der Waals surface area (Å²) in [4.78, 5) is 38.0. The third-order valence-electron chi connectivity index (χ3n) is 8.62. The van der Waals surface area contributed by atoms with E-state index in [2.05, 4.69) is 109 Å². The normalized spacial score (nSPS) is 13.8. The van der Waals surface area contributed by atoms with Gasteiger partial charge in [-0.15, -0.1) is 0 Å². The molecule has 0 radical (unpaired) electrons. The molecule has 46 heavy (non-hydrogen) atoms. The van der Waals surface area contributed by atoms with Crippen LogP contribution in [0, 0.1) is 41.5 Å². The Morgan fingerprint density at radius 1 is 0.652 bits per heavy atom. The summed E-state index contributed by atoms with van der Waals surface area (Å²) in [5.41, 5.74) is 14.8. The minimum atomic E-state index is -1.26. The molecule has 240 valence electrons. The molecular formula is C37H43N5O4. The van der Waals surface area contributed by atoms with Crippen LogP contribution in [0.2, 0.25) is 0 Å². The van der Waals surface area contributed by atoms with Gasteiger partial charge >= 0.3 is 11.9 Å². The van der Waals surface area contributed by atoms with Crippen molar-refractivity contribution < 1.29 is 19.8 Å². The Morgan fingerprint density at radius 3 is 1.59 bits per heavy atom. The smallest absolute Gasteiger partial charge is 0.328 e. The number of benzene rings is 2. The first-order chi connectivity index (χ1) is 21.9. The standard InChI is InChI=1S/C33H39N5.C4H4O4/c1-22-13-29(14-23(2)26(22)5)32-17-28(7-8-34-32)19-37-9-11-38(12-10-37)20-31-18-33(36-21-35-31)30-15-24(3)27(6)25(4)16-30;5-3(6)1-2-4(7)8/h7-8,13-18,21H,9-12,19-20H2,1-6H3;1-2H,(H,5,6)(H,7,8)/b;2-1-. The van der Waals surface area contributed by atoms with Crippen molar-refractivity contribution in [1.29, 1.82) is 0 Å². The lowest BCUT2D eigenvalue weighted by molar-refractivity contribution is -0.134. The van der Waals surface area contributed by atoms with Crippen molar-refractivity contribution in [3.63, 3.8) is 0 Å². The Kier molecular flexibility index (Phi) is 11.5. The monoisotopic (exact) mass is 621 g/mol. The number of nitrogens with zero attached hydrogens (tertiary/aromatic N) is 5. The van der Waals surface area contributed by atoms with Crippen LogP contribution in [0.4, 0.5) is 0 Å². The molecule has 0 saturated carbocycles. The van der Waals surface area contributed by atoms with Gasteiger partial charge in [0.25, 0.3) is 0 Å². The molecule has 5 rings (SSSR count). The van der Waals surface area contributed by atoms with E-state index >= 15 is 0 Å². The van der Waals surface area contributed by atoms with Crippen LogP contribution in [0.5, 0.6) is 0 Å². The van der Waals surface area contributed by atoms with Crippen LogP contribution >= 0.6 is 0 Å². The fourth-order valence-corrected chi connectivity index (χ4v) is 5.47. The zero-order valence-corrected chi connectivity index (χ0v) is 27.5. The van der Waals surface area contributed by atoms with E-state index in [-0.39, 0.29) is 0 Å². The molecule has 2 N–H and O–H groups in total. The summed E-state index contributed by atoms with van der Waals surface area (Å²) in [5.74, 6) is -2.51. The summed E-state index contributed by atoms with van der Waals surface area (Å²) in [5, 5.41) is 15.6. The van der Waals surface area contributed by atoms with E-state index in [1.165, 1.54) is 50.1 Å². The number of carboxylic acids is 2. The summed E-state index contributed by atoms with van der Waals surface area (Å²) in [6, 6.07) is 15.5. The van der Waals surface area contributed by atoms with Gasteiger partial charge < -0.3 is 10.2 Å². The number of carboxylic acid groups (broad SMARTS) is 2. The van der Waals surface area contributed by atoms with Crippen LogP contribution in [-0.2, 0) is 22.7 Å². The van der Waals surface area contributed by atoms with Gasteiger partial charge in [0.2, 0.25) is 0 Å². The molecule has 1 aliphatic rings. The van der Waals surface area contributed by atoms with Gasteiger partial charge in [0, 0.05) is 68.7 Å². The van der Waals surface area contributed by atoms with E-state index in [0.29, 0.717) is 12.2 Å². The zero-order valence-electron chi connectivity index (χ0n) is 27.5. The van der Waals surface area contributed by atoms with Crippen molar-refractivity contribution in [2.75, 3.05) is 26.2 Å². The quantitative estimate of drug-likeness (QED) is 0.225. The molecule has 2 aromatic heterocycles. The van der Waals surface area contributed by atoms with E-state index in [1.807, 2.05) is 6.20 Å². The Hall–Kier alpha value is -4.73. The maximum absolute atomic E-state index is 9.55. The molecule has 0 atom stereocenters. The van der Waals surface area contributed by atoms with Gasteiger partial charge in [-0.25, -0.2) is 19.6 Å². The first kappa shape index (κ1) is 34.1. The fraction of sp³-hybridized carbons (Fsp3) is 0.324. The number of aromatic nitrogens is 3. The predicted molar refractivity (Wildman–Crippen MR) is 181 cm³/mol. The number of aryl methyl sites for hydroxylation is 4. The van der Waals surface area contributed by atoms with E-state index < -0.39 is 11.9 Å². The van der Waals surface area contributed by atoms with Gasteiger partial charge in [0.15, 0.2) is 0 Å². The molecule has 0 unspecified atom stereocenters. The molecule has 0 bridgehead atoms. The average molecular weight is 622 g/mol. The topological polar surface area (TPSA) is 120 Å². The molecule has 0 spiro atoms. The van der Waals surface area contributed by atoms with Crippen molar-refractivity contribution in [3.05, 3.63) is 112 Å². The van der Waals surface area contributed by atoms with Crippen LogP contribution < -0.4 is 0 Å². The van der Waals surface area contributed by atoms with Crippen LogP contribution in [-0.4, -0.2) is 73.1 Å². The van der Waals surface area contributed by atoms with E-state index in [0.717, 1.165) is 56.4 Å². The van der Waals surface area contributed by atoms with Gasteiger partial charge in [-0.1, -0.05) is 0 Å². The Balaban J connectivity index is 0.000000533. The minimum Gasteiger partial charge on any atom is -0.478 e. The molecule has 9 heteroatoms. The second-order valence-corrected chi connectivity index (χ2v) is 12.0. The second kappa shape index (κ2) is 15.5. The van der Waals surface area contributed by atoms with E-state index in [9.17, 15) is 9.59 Å². The molecule has 9 nitrogen and oxygen atoms in total. The first-order valence-corrected chi connectivity index (χ1v) is 15.4. The second-order valence-electron chi connectivity index (χ2n) is 12.0. The first-order valence-electron chi connectivity index (χ1n) is 15.4. The molecule has 2 aromatic carbocycles. The third kappa shape index (κ3) is 9.39. The van der Waals surface area contributed by atoms with Gasteiger partial charge in [-0.3, -0.25) is 14.8 Å². The number of piperazine rings is 1. The lowest BCUT2D eigenvalue weighted by Gasteiger charge is -2.34. The van der Waals surface area contributed by atoms with E-state index in [1.54, 1.807) is 6.33 Å². The van der Waals surface area contributed by atoms with Crippen molar-refractivity contribution >= 4 is 11.9 Å². The summed E-state index contributed by atoms with van der Waals surface area (Å²) in [7, 11) is 0. The van der Waals surface area contributed by atoms with Crippen LogP contribution in [0.15, 0.2) is 67.1 Å². The number of hydrogen-bond acceptors (Lipinski definition) is 7. The highest BCUT2D eigenvalue weighted by Gasteiger charge is 2.18. The van der Waals surface area contributed by atoms with Crippen molar-refractivity contribution in [2.45, 2.75) is 54.6 Å². The number of pyridine rings is 1. The van der Waals surface area contributed by atoms with Crippen LogP contribution in [0.1, 0.15) is 44.6 Å². The summed E-state index contributed by atoms with van der Waals surface area (Å²) < 4.78 is 0. The molecule has 0 amide bonds. The largest absolute Gasteiger partial charge is 0.478 e. The van der Waals surface area contributed by atoms with Gasteiger partial charge in [0.1, 0.15) is 6.33 Å². The lowest BCUT2D eigenvalue weighted by atomic mass is 9.98. The highest BCUT2D eigenvalue weighted by atomic mass is 16.4.